The molecule has 0 saturated heterocycles. The van der Waals surface area contributed by atoms with Crippen LogP contribution >= 0.6 is 0 Å². The first-order chi connectivity index (χ1) is 12.1. The quantitative estimate of drug-likeness (QED) is 0.776. The minimum Gasteiger partial charge on any atom is -0.483 e. The van der Waals surface area contributed by atoms with Gasteiger partial charge in [-0.2, -0.15) is 0 Å². The fourth-order valence-electron chi connectivity index (χ4n) is 2.40. The van der Waals surface area contributed by atoms with Crippen LogP contribution in [-0.4, -0.2) is 31.5 Å². The molecular formula is C20H24N2O3. The lowest BCUT2D eigenvalue weighted by molar-refractivity contribution is -0.122. The van der Waals surface area contributed by atoms with Gasteiger partial charge in [0.2, 0.25) is 0 Å². The second-order valence-electron chi connectivity index (χ2n) is 5.86. The number of rotatable bonds is 8. The van der Waals surface area contributed by atoms with Gasteiger partial charge in [0, 0.05) is 13.1 Å². The van der Waals surface area contributed by atoms with Gasteiger partial charge in [-0.15, -0.1) is 0 Å². The van der Waals surface area contributed by atoms with Crippen molar-refractivity contribution in [3.8, 4) is 5.75 Å². The predicted molar refractivity (Wildman–Crippen MR) is 97.7 cm³/mol. The summed E-state index contributed by atoms with van der Waals surface area (Å²) in [6.45, 7) is 1.86. The number of ether oxygens (including phenoxy) is 1. The molecule has 2 N–H and O–H groups in total. The minimum atomic E-state index is -0.244. The number of hydrogen-bond acceptors (Lipinski definition) is 3. The number of aryl methyl sites for hydroxylation is 1. The van der Waals surface area contributed by atoms with Gasteiger partial charge in [0.05, 0.1) is 5.56 Å². The molecule has 2 aromatic carbocycles. The van der Waals surface area contributed by atoms with E-state index in [2.05, 4.69) is 22.8 Å². The molecule has 0 bridgehead atoms. The van der Waals surface area contributed by atoms with Gasteiger partial charge in [0.15, 0.2) is 6.61 Å². The first-order valence-electron chi connectivity index (χ1n) is 8.37. The van der Waals surface area contributed by atoms with Crippen molar-refractivity contribution in [2.24, 2.45) is 0 Å². The zero-order chi connectivity index (χ0) is 18.1. The van der Waals surface area contributed by atoms with Crippen molar-refractivity contribution in [1.29, 1.82) is 0 Å². The predicted octanol–water partition coefficient (Wildman–Crippen LogP) is 2.56. The Morgan fingerprint density at radius 2 is 1.72 bits per heavy atom. The van der Waals surface area contributed by atoms with Crippen LogP contribution < -0.4 is 15.4 Å². The summed E-state index contributed by atoms with van der Waals surface area (Å²) < 4.78 is 5.45. The van der Waals surface area contributed by atoms with Gasteiger partial charge in [-0.3, -0.25) is 9.59 Å². The van der Waals surface area contributed by atoms with Crippen LogP contribution in [0.2, 0.25) is 0 Å². The van der Waals surface area contributed by atoms with Gasteiger partial charge in [0.1, 0.15) is 5.75 Å². The summed E-state index contributed by atoms with van der Waals surface area (Å²) in [4.78, 5) is 23.8. The second kappa shape index (κ2) is 9.47. The summed E-state index contributed by atoms with van der Waals surface area (Å²) in [5, 5.41) is 5.47. The number of likely N-dealkylation sites (N-methyl/N-ethyl adjacent to an activating group) is 1. The summed E-state index contributed by atoms with van der Waals surface area (Å²) in [5.41, 5.74) is 1.68. The van der Waals surface area contributed by atoms with E-state index in [-0.39, 0.29) is 24.5 Å². The molecule has 0 aliphatic carbocycles. The fourth-order valence-corrected chi connectivity index (χ4v) is 2.40. The van der Waals surface area contributed by atoms with Crippen LogP contribution in [0.1, 0.15) is 29.3 Å². The molecule has 132 valence electrons. The van der Waals surface area contributed by atoms with Crippen molar-refractivity contribution in [3.05, 3.63) is 65.7 Å². The summed E-state index contributed by atoms with van der Waals surface area (Å²) in [7, 11) is 1.54. The zero-order valence-electron chi connectivity index (χ0n) is 14.6. The highest BCUT2D eigenvalue weighted by Gasteiger charge is 2.15. The van der Waals surface area contributed by atoms with Crippen LogP contribution in [0.5, 0.6) is 5.75 Å². The molecule has 0 radical (unpaired) electrons. The van der Waals surface area contributed by atoms with Crippen molar-refractivity contribution in [3.63, 3.8) is 0 Å². The third-order valence-electron chi connectivity index (χ3n) is 3.86. The molecule has 25 heavy (non-hydrogen) atoms. The molecule has 0 fully saturated rings. The smallest absolute Gasteiger partial charge is 0.257 e. The Kier molecular flexibility index (Phi) is 7.01. The van der Waals surface area contributed by atoms with E-state index in [0.29, 0.717) is 11.3 Å². The number of hydrogen-bond donors (Lipinski definition) is 2. The lowest BCUT2D eigenvalue weighted by Crippen LogP contribution is -2.33. The standard InChI is InChI=1S/C20H24N2O3/c1-15(12-13-16-8-4-3-5-9-16)22-20(24)17-10-6-7-11-18(17)25-14-19(23)21-2/h3-11,15H,12-14H2,1-2H3,(H,21,23)(H,22,24). The molecule has 2 amide bonds. The maximum absolute atomic E-state index is 12.5. The zero-order valence-corrected chi connectivity index (χ0v) is 14.6. The Labute approximate surface area is 148 Å². The van der Waals surface area contributed by atoms with E-state index in [1.807, 2.05) is 25.1 Å². The second-order valence-corrected chi connectivity index (χ2v) is 5.86. The van der Waals surface area contributed by atoms with Gasteiger partial charge in [-0.1, -0.05) is 42.5 Å². The molecule has 2 aromatic rings. The van der Waals surface area contributed by atoms with E-state index in [0.717, 1.165) is 12.8 Å². The van der Waals surface area contributed by atoms with Crippen molar-refractivity contribution < 1.29 is 14.3 Å². The Bertz CT molecular complexity index is 701. The van der Waals surface area contributed by atoms with E-state index in [4.69, 9.17) is 4.74 Å². The number of nitrogens with one attached hydrogen (secondary N) is 2. The fraction of sp³-hybridized carbons (Fsp3) is 0.300. The van der Waals surface area contributed by atoms with E-state index in [9.17, 15) is 9.59 Å². The number of carbonyl (C=O) groups is 2. The van der Waals surface area contributed by atoms with Crippen molar-refractivity contribution in [2.45, 2.75) is 25.8 Å². The number of amides is 2. The van der Waals surface area contributed by atoms with Crippen molar-refractivity contribution in [2.75, 3.05) is 13.7 Å². The van der Waals surface area contributed by atoms with E-state index in [1.165, 1.54) is 5.56 Å². The van der Waals surface area contributed by atoms with Crippen LogP contribution in [0.25, 0.3) is 0 Å². The Hall–Kier alpha value is -2.82. The largest absolute Gasteiger partial charge is 0.483 e. The van der Waals surface area contributed by atoms with Gasteiger partial charge >= 0.3 is 0 Å². The topological polar surface area (TPSA) is 67.4 Å². The molecule has 1 atom stereocenters. The van der Waals surface area contributed by atoms with Crippen LogP contribution in [0, 0.1) is 0 Å². The average Bonchev–Trinajstić information content (AvgIpc) is 2.65. The Morgan fingerprint density at radius 1 is 1.04 bits per heavy atom. The first kappa shape index (κ1) is 18.5. The lowest BCUT2D eigenvalue weighted by Gasteiger charge is -2.16. The molecule has 0 aliphatic rings. The summed E-state index contributed by atoms with van der Waals surface area (Å²) in [6.07, 6.45) is 1.74. The Balaban J connectivity index is 1.92. The lowest BCUT2D eigenvalue weighted by atomic mass is 10.1. The number of carbonyl (C=O) groups excluding carboxylic acids is 2. The normalized spacial score (nSPS) is 11.4. The Morgan fingerprint density at radius 3 is 2.44 bits per heavy atom. The van der Waals surface area contributed by atoms with Crippen molar-refractivity contribution >= 4 is 11.8 Å². The highest BCUT2D eigenvalue weighted by Crippen LogP contribution is 2.18. The van der Waals surface area contributed by atoms with Crippen LogP contribution in [0.15, 0.2) is 54.6 Å². The van der Waals surface area contributed by atoms with Gasteiger partial charge < -0.3 is 15.4 Å². The molecule has 0 saturated carbocycles. The van der Waals surface area contributed by atoms with Crippen molar-refractivity contribution in [1.82, 2.24) is 10.6 Å². The van der Waals surface area contributed by atoms with E-state index >= 15 is 0 Å². The molecule has 0 heterocycles. The maximum atomic E-state index is 12.5. The summed E-state index contributed by atoms with van der Waals surface area (Å²) in [5.74, 6) is -0.0432. The van der Waals surface area contributed by atoms with Crippen LogP contribution in [0.4, 0.5) is 0 Å². The molecule has 0 aliphatic heterocycles. The number of para-hydroxylation sites is 1. The van der Waals surface area contributed by atoms with Gasteiger partial charge in [0.25, 0.3) is 11.8 Å². The van der Waals surface area contributed by atoms with E-state index in [1.54, 1.807) is 31.3 Å². The molecular weight excluding hydrogens is 316 g/mol. The van der Waals surface area contributed by atoms with E-state index < -0.39 is 0 Å². The summed E-state index contributed by atoms with van der Waals surface area (Å²) >= 11 is 0. The third kappa shape index (κ3) is 5.95. The highest BCUT2D eigenvalue weighted by molar-refractivity contribution is 5.97. The minimum absolute atomic E-state index is 0.0275. The molecule has 1 unspecified atom stereocenters. The molecule has 2 rings (SSSR count). The first-order valence-corrected chi connectivity index (χ1v) is 8.37. The molecule has 0 aromatic heterocycles. The maximum Gasteiger partial charge on any atom is 0.257 e. The summed E-state index contributed by atoms with van der Waals surface area (Å²) in [6, 6.07) is 17.1. The highest BCUT2D eigenvalue weighted by atomic mass is 16.5. The third-order valence-corrected chi connectivity index (χ3v) is 3.86. The van der Waals surface area contributed by atoms with Gasteiger partial charge in [-0.25, -0.2) is 0 Å². The molecule has 5 heteroatoms. The molecule has 5 nitrogen and oxygen atoms in total. The van der Waals surface area contributed by atoms with Gasteiger partial charge in [-0.05, 0) is 37.5 Å². The molecule has 0 spiro atoms. The SMILES string of the molecule is CNC(=O)COc1ccccc1C(=O)NC(C)CCc1ccccc1. The van der Waals surface area contributed by atoms with Crippen LogP contribution in [0.3, 0.4) is 0 Å². The van der Waals surface area contributed by atoms with Crippen LogP contribution in [-0.2, 0) is 11.2 Å². The monoisotopic (exact) mass is 340 g/mol. The number of benzene rings is 2. The average molecular weight is 340 g/mol.